The molecule has 3 aromatic rings. The number of pyridine rings is 1. The number of carbonyl (C=O) groups excluding carboxylic acids is 2. The van der Waals surface area contributed by atoms with Gasteiger partial charge in [0.25, 0.3) is 0 Å². The zero-order chi connectivity index (χ0) is 23.5. The van der Waals surface area contributed by atoms with Crippen molar-refractivity contribution >= 4 is 34.7 Å². The maximum Gasteiger partial charge on any atom is 0.246 e. The summed E-state index contributed by atoms with van der Waals surface area (Å²) in [6, 6.07) is 7.84. The molecule has 1 atom stereocenters. The molecule has 0 bridgehead atoms. The van der Waals surface area contributed by atoms with Crippen LogP contribution in [-0.4, -0.2) is 41.3 Å². The van der Waals surface area contributed by atoms with Gasteiger partial charge in [-0.3, -0.25) is 9.59 Å². The molecule has 4 rings (SSSR count). The number of aromatic nitrogens is 1. The lowest BCUT2D eigenvalue weighted by Gasteiger charge is -2.14. The van der Waals surface area contributed by atoms with Crippen molar-refractivity contribution < 1.29 is 14.0 Å². The molecular weight excluding hydrogens is 416 g/mol. The number of benzene rings is 1. The lowest BCUT2D eigenvalue weighted by molar-refractivity contribution is -0.125. The molecule has 7 heteroatoms. The van der Waals surface area contributed by atoms with Crippen LogP contribution in [0.2, 0.25) is 0 Å². The second kappa shape index (κ2) is 9.58. The molecule has 0 saturated heterocycles. The van der Waals surface area contributed by atoms with Crippen LogP contribution in [0.25, 0.3) is 17.0 Å². The number of likely N-dealkylation sites (N-methyl/N-ethyl adjacent to an activating group) is 2. The minimum absolute atomic E-state index is 0.0562. The Balaban J connectivity index is 1.44. The Bertz CT molecular complexity index is 1230. The fourth-order valence-electron chi connectivity index (χ4n) is 4.17. The van der Waals surface area contributed by atoms with Crippen LogP contribution in [0.3, 0.4) is 0 Å². The number of hydrogen-bond donors (Lipinski definition) is 2. The first-order valence-corrected chi connectivity index (χ1v) is 11.3. The van der Waals surface area contributed by atoms with Crippen LogP contribution >= 0.6 is 0 Å². The molecule has 0 radical (unpaired) electrons. The number of amides is 2. The number of fused-ring (bicyclic) bond motifs is 2. The van der Waals surface area contributed by atoms with Gasteiger partial charge in [0, 0.05) is 30.3 Å². The van der Waals surface area contributed by atoms with E-state index in [1.54, 1.807) is 30.3 Å². The zero-order valence-corrected chi connectivity index (χ0v) is 19.6. The van der Waals surface area contributed by atoms with E-state index in [1.807, 2.05) is 45.0 Å². The number of rotatable bonds is 6. The zero-order valence-electron chi connectivity index (χ0n) is 19.6. The number of nitrogens with zero attached hydrogens (tertiary/aromatic N) is 2. The number of nitrogens with one attached hydrogen (secondary N) is 2. The van der Waals surface area contributed by atoms with Crippen molar-refractivity contribution in [1.82, 2.24) is 15.2 Å². The Hall–Kier alpha value is -3.45. The summed E-state index contributed by atoms with van der Waals surface area (Å²) in [7, 11) is 1.76. The highest BCUT2D eigenvalue weighted by molar-refractivity contribution is 5.96. The summed E-state index contributed by atoms with van der Waals surface area (Å²) >= 11 is 0. The van der Waals surface area contributed by atoms with Crippen molar-refractivity contribution in [3.8, 4) is 0 Å². The van der Waals surface area contributed by atoms with Crippen molar-refractivity contribution in [2.24, 2.45) is 0 Å². The van der Waals surface area contributed by atoms with E-state index in [4.69, 9.17) is 4.42 Å². The number of carbonyl (C=O) groups is 2. The molecule has 33 heavy (non-hydrogen) atoms. The van der Waals surface area contributed by atoms with Gasteiger partial charge in [0.2, 0.25) is 11.8 Å². The van der Waals surface area contributed by atoms with Gasteiger partial charge in [0.05, 0.1) is 12.6 Å². The molecule has 2 N–H and O–H groups in total. The number of aryl methyl sites for hydroxylation is 3. The van der Waals surface area contributed by atoms with E-state index in [-0.39, 0.29) is 17.9 Å². The Morgan fingerprint density at radius 3 is 2.94 bits per heavy atom. The molecular formula is C26H30N4O3. The van der Waals surface area contributed by atoms with Crippen LogP contribution < -0.4 is 10.6 Å². The van der Waals surface area contributed by atoms with Gasteiger partial charge in [-0.2, -0.15) is 0 Å². The summed E-state index contributed by atoms with van der Waals surface area (Å²) < 4.78 is 6.05. The Kier molecular flexibility index (Phi) is 6.60. The first-order valence-electron chi connectivity index (χ1n) is 11.3. The van der Waals surface area contributed by atoms with E-state index >= 15 is 0 Å². The smallest absolute Gasteiger partial charge is 0.246 e. The average molecular weight is 447 g/mol. The predicted octanol–water partition coefficient (Wildman–Crippen LogP) is 3.98. The van der Waals surface area contributed by atoms with Gasteiger partial charge < -0.3 is 20.0 Å². The van der Waals surface area contributed by atoms with Crippen molar-refractivity contribution in [3.63, 3.8) is 0 Å². The van der Waals surface area contributed by atoms with Crippen molar-refractivity contribution in [1.29, 1.82) is 0 Å². The Morgan fingerprint density at radius 1 is 1.36 bits per heavy atom. The first kappa shape index (κ1) is 22.7. The SMILES string of the molecule is CCN[C@H]1CCc2cc(/C=C/C(=O)N(C)Cc3oc4c(C)cccc4c3C)cnc2NC1=O. The second-order valence-electron chi connectivity index (χ2n) is 8.54. The van der Waals surface area contributed by atoms with Crippen molar-refractivity contribution in [3.05, 3.63) is 64.6 Å². The number of furan rings is 1. The van der Waals surface area contributed by atoms with Gasteiger partial charge in [-0.25, -0.2) is 4.98 Å². The van der Waals surface area contributed by atoms with Crippen LogP contribution in [0.1, 0.15) is 41.4 Å². The largest absolute Gasteiger partial charge is 0.459 e. The summed E-state index contributed by atoms with van der Waals surface area (Å²) in [6.45, 7) is 7.15. The topological polar surface area (TPSA) is 87.5 Å². The molecule has 2 aromatic heterocycles. The summed E-state index contributed by atoms with van der Waals surface area (Å²) in [5, 5.41) is 7.18. The van der Waals surface area contributed by atoms with E-state index in [0.29, 0.717) is 18.8 Å². The van der Waals surface area contributed by atoms with Gasteiger partial charge in [-0.05, 0) is 62.1 Å². The summed E-state index contributed by atoms with van der Waals surface area (Å²) in [4.78, 5) is 31.1. The highest BCUT2D eigenvalue weighted by Gasteiger charge is 2.23. The number of para-hydroxylation sites is 1. The minimum Gasteiger partial charge on any atom is -0.459 e. The number of anilines is 1. The maximum absolute atomic E-state index is 12.7. The normalized spacial score (nSPS) is 16.0. The molecule has 1 aromatic carbocycles. The third-order valence-corrected chi connectivity index (χ3v) is 6.13. The lowest BCUT2D eigenvalue weighted by Crippen LogP contribution is -2.39. The fourth-order valence-corrected chi connectivity index (χ4v) is 4.17. The predicted molar refractivity (Wildman–Crippen MR) is 130 cm³/mol. The maximum atomic E-state index is 12.7. The van der Waals surface area contributed by atoms with Gasteiger partial charge in [-0.15, -0.1) is 0 Å². The average Bonchev–Trinajstić information content (AvgIpc) is 3.03. The van der Waals surface area contributed by atoms with Gasteiger partial charge in [-0.1, -0.05) is 25.1 Å². The molecule has 0 fully saturated rings. The summed E-state index contributed by atoms with van der Waals surface area (Å²) in [5.74, 6) is 1.21. The van der Waals surface area contributed by atoms with E-state index < -0.39 is 0 Å². The molecule has 3 heterocycles. The standard InChI is InChI=1S/C26H30N4O3/c1-5-27-21-11-10-19-13-18(14-28-25(19)29-26(21)32)9-12-23(31)30(4)15-22-17(3)20-8-6-7-16(2)24(20)33-22/h6-9,12-14,21,27H,5,10-11,15H2,1-4H3,(H,28,29,32)/b12-9+/t21-/m0/s1. The number of hydrogen-bond acceptors (Lipinski definition) is 5. The molecule has 0 spiro atoms. The monoisotopic (exact) mass is 446 g/mol. The Labute approximate surface area is 193 Å². The van der Waals surface area contributed by atoms with Crippen molar-refractivity contribution in [2.45, 2.75) is 46.2 Å². The van der Waals surface area contributed by atoms with Crippen LogP contribution in [0, 0.1) is 13.8 Å². The quantitative estimate of drug-likeness (QED) is 0.559. The van der Waals surface area contributed by atoms with E-state index in [2.05, 4.69) is 15.6 Å². The first-order chi connectivity index (χ1) is 15.9. The molecule has 172 valence electrons. The van der Waals surface area contributed by atoms with Crippen molar-refractivity contribution in [2.75, 3.05) is 18.9 Å². The van der Waals surface area contributed by atoms with Crippen LogP contribution in [0.4, 0.5) is 5.82 Å². The molecule has 2 amide bonds. The molecule has 0 aliphatic carbocycles. The molecule has 0 saturated carbocycles. The summed E-state index contributed by atoms with van der Waals surface area (Å²) in [6.07, 6.45) is 6.42. The van der Waals surface area contributed by atoms with E-state index in [0.717, 1.165) is 51.9 Å². The van der Waals surface area contributed by atoms with Gasteiger partial charge in [0.1, 0.15) is 17.2 Å². The Morgan fingerprint density at radius 2 is 2.18 bits per heavy atom. The summed E-state index contributed by atoms with van der Waals surface area (Å²) in [5.41, 5.74) is 4.81. The fraction of sp³-hybridized carbons (Fsp3) is 0.346. The van der Waals surface area contributed by atoms with Gasteiger partial charge in [0.15, 0.2) is 0 Å². The van der Waals surface area contributed by atoms with E-state index in [1.165, 1.54) is 0 Å². The lowest BCUT2D eigenvalue weighted by atomic mass is 10.1. The molecule has 1 aliphatic rings. The highest BCUT2D eigenvalue weighted by atomic mass is 16.3. The minimum atomic E-state index is -0.219. The molecule has 1 aliphatic heterocycles. The van der Waals surface area contributed by atoms with Crippen LogP contribution in [0.5, 0.6) is 0 Å². The highest BCUT2D eigenvalue weighted by Crippen LogP contribution is 2.28. The third kappa shape index (κ3) is 4.83. The molecule has 7 nitrogen and oxygen atoms in total. The van der Waals surface area contributed by atoms with E-state index in [9.17, 15) is 9.59 Å². The molecule has 0 unspecified atom stereocenters. The third-order valence-electron chi connectivity index (χ3n) is 6.13. The van der Waals surface area contributed by atoms with Crippen LogP contribution in [-0.2, 0) is 22.6 Å². The second-order valence-corrected chi connectivity index (χ2v) is 8.54. The van der Waals surface area contributed by atoms with Crippen LogP contribution in [0.15, 0.2) is 41.0 Å². The van der Waals surface area contributed by atoms with Gasteiger partial charge >= 0.3 is 0 Å².